The van der Waals surface area contributed by atoms with E-state index in [0.29, 0.717) is 5.69 Å². The van der Waals surface area contributed by atoms with E-state index in [1.54, 1.807) is 26.0 Å². The Morgan fingerprint density at radius 3 is 2.48 bits per heavy atom. The van der Waals surface area contributed by atoms with Crippen molar-refractivity contribution >= 4 is 17.3 Å². The molecule has 1 amide bonds. The van der Waals surface area contributed by atoms with Crippen molar-refractivity contribution in [2.24, 2.45) is 0 Å². The van der Waals surface area contributed by atoms with Crippen molar-refractivity contribution in [3.63, 3.8) is 0 Å². The van der Waals surface area contributed by atoms with Crippen LogP contribution in [0, 0.1) is 24.0 Å². The molecule has 2 rings (SSSR count). The van der Waals surface area contributed by atoms with Crippen LogP contribution < -0.4 is 5.32 Å². The quantitative estimate of drug-likeness (QED) is 0.489. The number of phenolic OH excluding ortho intramolecular Hbond substituents is 1. The van der Waals surface area contributed by atoms with E-state index >= 15 is 0 Å². The molecule has 1 unspecified atom stereocenters. The Bertz CT molecular complexity index is 826. The number of amides is 1. The van der Waals surface area contributed by atoms with Gasteiger partial charge >= 0.3 is 5.69 Å². The van der Waals surface area contributed by atoms with Crippen LogP contribution in [0.1, 0.15) is 49.6 Å². The summed E-state index contributed by atoms with van der Waals surface area (Å²) in [6.07, 6.45) is 1.25. The number of carbonyl (C=O) groups excluding carboxylic acids is 1. The number of aromatic nitrogens is 2. The minimum Gasteiger partial charge on any atom is -0.508 e. The molecule has 0 saturated heterocycles. The largest absolute Gasteiger partial charge is 0.508 e. The highest BCUT2D eigenvalue weighted by atomic mass is 16.6. The van der Waals surface area contributed by atoms with Gasteiger partial charge in [-0.1, -0.05) is 13.8 Å². The Kier molecular flexibility index (Phi) is 5.10. The van der Waals surface area contributed by atoms with Crippen LogP contribution in [0.3, 0.4) is 0 Å². The zero-order chi connectivity index (χ0) is 18.9. The van der Waals surface area contributed by atoms with Crippen LogP contribution >= 0.6 is 0 Å². The third kappa shape index (κ3) is 3.78. The number of aryl methyl sites for hydroxylation is 2. The summed E-state index contributed by atoms with van der Waals surface area (Å²) in [5.41, 5.74) is 2.19. The predicted molar refractivity (Wildman–Crippen MR) is 93.9 cm³/mol. The Labute approximate surface area is 145 Å². The molecule has 2 N–H and O–H groups in total. The summed E-state index contributed by atoms with van der Waals surface area (Å²) in [5, 5.41) is 27.8. The first-order valence-electron chi connectivity index (χ1n) is 7.96. The molecule has 0 saturated carbocycles. The first-order valence-corrected chi connectivity index (χ1v) is 7.96. The van der Waals surface area contributed by atoms with Gasteiger partial charge in [0.2, 0.25) is 5.91 Å². The van der Waals surface area contributed by atoms with E-state index < -0.39 is 11.0 Å². The summed E-state index contributed by atoms with van der Waals surface area (Å²) in [6, 6.07) is 2.64. The number of rotatable bonds is 5. The van der Waals surface area contributed by atoms with Gasteiger partial charge in [-0.2, -0.15) is 5.10 Å². The lowest BCUT2D eigenvalue weighted by Gasteiger charge is -2.17. The van der Waals surface area contributed by atoms with Crippen LogP contribution in [-0.2, 0) is 4.79 Å². The molecule has 1 aromatic carbocycles. The number of hydrogen-bond donors (Lipinski definition) is 2. The molecule has 0 spiro atoms. The molecule has 25 heavy (non-hydrogen) atoms. The number of phenols is 1. The van der Waals surface area contributed by atoms with E-state index in [1.165, 1.54) is 17.8 Å². The van der Waals surface area contributed by atoms with Crippen molar-refractivity contribution in [2.75, 3.05) is 5.32 Å². The number of nitro groups is 1. The third-order valence-corrected chi connectivity index (χ3v) is 4.12. The first-order chi connectivity index (χ1) is 11.6. The van der Waals surface area contributed by atoms with Gasteiger partial charge in [0.05, 0.1) is 4.92 Å². The summed E-state index contributed by atoms with van der Waals surface area (Å²) in [4.78, 5) is 22.9. The molecule has 0 aliphatic carbocycles. The standard InChI is InChI=1S/C17H22N4O4/c1-9(2)13-7-14(10(3)6-16(13)22)18-17(23)12(5)20-8-15(21(24)25)11(4)19-20/h6-9,12,22H,1-5H3,(H,18,23). The Morgan fingerprint density at radius 2 is 1.96 bits per heavy atom. The van der Waals surface area contributed by atoms with Gasteiger partial charge in [0.25, 0.3) is 0 Å². The van der Waals surface area contributed by atoms with E-state index in [0.717, 1.165) is 11.1 Å². The van der Waals surface area contributed by atoms with Crippen molar-refractivity contribution in [2.45, 2.75) is 46.6 Å². The molecule has 134 valence electrons. The van der Waals surface area contributed by atoms with Crippen LogP contribution in [0.4, 0.5) is 11.4 Å². The van der Waals surface area contributed by atoms with Crippen LogP contribution in [0.25, 0.3) is 0 Å². The fraction of sp³-hybridized carbons (Fsp3) is 0.412. The number of anilines is 1. The average Bonchev–Trinajstić information content (AvgIpc) is 2.90. The zero-order valence-electron chi connectivity index (χ0n) is 14.9. The monoisotopic (exact) mass is 346 g/mol. The Hall–Kier alpha value is -2.90. The fourth-order valence-corrected chi connectivity index (χ4v) is 2.51. The molecule has 8 heteroatoms. The number of nitrogens with zero attached hydrogens (tertiary/aromatic N) is 3. The molecule has 8 nitrogen and oxygen atoms in total. The lowest BCUT2D eigenvalue weighted by molar-refractivity contribution is -0.385. The van der Waals surface area contributed by atoms with Crippen molar-refractivity contribution in [1.29, 1.82) is 0 Å². The average molecular weight is 346 g/mol. The highest BCUT2D eigenvalue weighted by molar-refractivity contribution is 5.94. The minimum absolute atomic E-state index is 0.102. The van der Waals surface area contributed by atoms with Gasteiger partial charge in [-0.3, -0.25) is 19.6 Å². The number of carbonyl (C=O) groups is 1. The van der Waals surface area contributed by atoms with Crippen molar-refractivity contribution in [3.8, 4) is 5.75 Å². The summed E-state index contributed by atoms with van der Waals surface area (Å²) >= 11 is 0. The van der Waals surface area contributed by atoms with Crippen molar-refractivity contribution < 1.29 is 14.8 Å². The van der Waals surface area contributed by atoms with Gasteiger partial charge in [0, 0.05) is 5.69 Å². The van der Waals surface area contributed by atoms with Crippen molar-refractivity contribution in [3.05, 3.63) is 45.3 Å². The fourth-order valence-electron chi connectivity index (χ4n) is 2.51. The van der Waals surface area contributed by atoms with Gasteiger partial charge in [-0.15, -0.1) is 0 Å². The molecule has 1 aromatic heterocycles. The van der Waals surface area contributed by atoms with E-state index in [2.05, 4.69) is 10.4 Å². The molecule has 1 atom stereocenters. The minimum atomic E-state index is -0.719. The van der Waals surface area contributed by atoms with Crippen LogP contribution in [0.2, 0.25) is 0 Å². The van der Waals surface area contributed by atoms with E-state index in [-0.39, 0.29) is 29.0 Å². The van der Waals surface area contributed by atoms with Gasteiger partial charge in [0.15, 0.2) is 0 Å². The third-order valence-electron chi connectivity index (χ3n) is 4.12. The normalized spacial score (nSPS) is 12.2. The Morgan fingerprint density at radius 1 is 1.32 bits per heavy atom. The van der Waals surface area contributed by atoms with Gasteiger partial charge in [-0.05, 0) is 49.9 Å². The molecule has 0 bridgehead atoms. The maximum atomic E-state index is 12.5. The van der Waals surface area contributed by atoms with Gasteiger partial charge in [-0.25, -0.2) is 0 Å². The Balaban J connectivity index is 2.26. The van der Waals surface area contributed by atoms with Gasteiger partial charge < -0.3 is 10.4 Å². The highest BCUT2D eigenvalue weighted by Crippen LogP contribution is 2.31. The summed E-state index contributed by atoms with van der Waals surface area (Å²) in [7, 11) is 0. The summed E-state index contributed by atoms with van der Waals surface area (Å²) in [5.74, 6) is -0.0529. The number of benzene rings is 1. The number of nitrogens with one attached hydrogen (secondary N) is 1. The number of hydrogen-bond acceptors (Lipinski definition) is 5. The molecule has 1 heterocycles. The van der Waals surface area contributed by atoms with Crippen LogP contribution in [-0.4, -0.2) is 25.7 Å². The molecule has 2 aromatic rings. The van der Waals surface area contributed by atoms with Crippen molar-refractivity contribution in [1.82, 2.24) is 9.78 Å². The second-order valence-corrected chi connectivity index (χ2v) is 6.38. The zero-order valence-corrected chi connectivity index (χ0v) is 14.9. The molecule has 0 radical (unpaired) electrons. The first kappa shape index (κ1) is 18.4. The molecular weight excluding hydrogens is 324 g/mol. The topological polar surface area (TPSA) is 110 Å². The van der Waals surface area contributed by atoms with Crippen LogP contribution in [0.15, 0.2) is 18.3 Å². The lowest BCUT2D eigenvalue weighted by Crippen LogP contribution is -2.24. The van der Waals surface area contributed by atoms with E-state index in [9.17, 15) is 20.0 Å². The SMILES string of the molecule is Cc1cc(O)c(C(C)C)cc1NC(=O)C(C)n1cc([N+](=O)[O-])c(C)n1. The van der Waals surface area contributed by atoms with Crippen LogP contribution in [0.5, 0.6) is 5.75 Å². The smallest absolute Gasteiger partial charge is 0.309 e. The maximum absolute atomic E-state index is 12.5. The number of aromatic hydroxyl groups is 1. The summed E-state index contributed by atoms with van der Waals surface area (Å²) in [6.45, 7) is 8.82. The van der Waals surface area contributed by atoms with E-state index in [1.807, 2.05) is 13.8 Å². The second-order valence-electron chi connectivity index (χ2n) is 6.38. The molecule has 0 aliphatic heterocycles. The lowest BCUT2D eigenvalue weighted by atomic mass is 9.99. The second kappa shape index (κ2) is 6.92. The molecular formula is C17H22N4O4. The maximum Gasteiger partial charge on any atom is 0.309 e. The summed E-state index contributed by atoms with van der Waals surface area (Å²) < 4.78 is 1.28. The predicted octanol–water partition coefficient (Wildman–Crippen LogP) is 3.44. The van der Waals surface area contributed by atoms with Gasteiger partial charge in [0.1, 0.15) is 23.7 Å². The molecule has 0 fully saturated rings. The molecule has 0 aliphatic rings. The van der Waals surface area contributed by atoms with E-state index in [4.69, 9.17) is 0 Å². The highest BCUT2D eigenvalue weighted by Gasteiger charge is 2.23.